The third-order valence-electron chi connectivity index (χ3n) is 6.58. The zero-order valence-corrected chi connectivity index (χ0v) is 19.5. The van der Waals surface area contributed by atoms with E-state index in [-0.39, 0.29) is 23.2 Å². The second-order valence-corrected chi connectivity index (χ2v) is 9.74. The van der Waals surface area contributed by atoms with Crippen molar-refractivity contribution in [3.05, 3.63) is 35.4 Å². The first-order valence-electron chi connectivity index (χ1n) is 11.5. The summed E-state index contributed by atoms with van der Waals surface area (Å²) in [5.41, 5.74) is 8.37. The maximum absolute atomic E-state index is 13.6. The van der Waals surface area contributed by atoms with Crippen LogP contribution in [0, 0.1) is 12.8 Å². The smallest absolute Gasteiger partial charge is 0.236 e. The number of ether oxygens (including phenoxy) is 1. The summed E-state index contributed by atoms with van der Waals surface area (Å²) in [6.45, 7) is 9.44. The van der Waals surface area contributed by atoms with Gasteiger partial charge in [0.2, 0.25) is 5.91 Å². The van der Waals surface area contributed by atoms with Gasteiger partial charge in [0.05, 0.1) is 5.25 Å². The van der Waals surface area contributed by atoms with E-state index in [1.807, 2.05) is 0 Å². The van der Waals surface area contributed by atoms with Gasteiger partial charge in [0.1, 0.15) is 0 Å². The number of benzene rings is 1. The molecule has 2 N–H and O–H groups in total. The molecule has 6 heteroatoms. The number of carbonyl (C=O) groups excluding carboxylic acids is 1. The SMILES string of the molecule is Cc1cccc(CN(C(=O)C(S)C2CCOCC2)C2CCN(CCC(C)N)CC2)c1. The molecule has 0 bridgehead atoms. The zero-order chi connectivity index (χ0) is 21.5. The lowest BCUT2D eigenvalue weighted by atomic mass is 9.93. The molecule has 0 spiro atoms. The monoisotopic (exact) mass is 433 g/mol. The molecule has 2 aliphatic heterocycles. The number of carbonyl (C=O) groups is 1. The summed E-state index contributed by atoms with van der Waals surface area (Å²) in [6.07, 6.45) is 4.91. The van der Waals surface area contributed by atoms with Crippen LogP contribution in [0.3, 0.4) is 0 Å². The summed E-state index contributed by atoms with van der Waals surface area (Å²) >= 11 is 4.82. The van der Waals surface area contributed by atoms with Crippen LogP contribution < -0.4 is 5.73 Å². The second-order valence-electron chi connectivity index (χ2n) is 9.19. The van der Waals surface area contributed by atoms with Crippen molar-refractivity contribution in [2.75, 3.05) is 32.8 Å². The number of likely N-dealkylation sites (tertiary alicyclic amines) is 1. The van der Waals surface area contributed by atoms with Crippen molar-refractivity contribution in [1.29, 1.82) is 0 Å². The number of hydrogen-bond acceptors (Lipinski definition) is 5. The molecule has 2 fully saturated rings. The fourth-order valence-electron chi connectivity index (χ4n) is 4.64. The van der Waals surface area contributed by atoms with Crippen LogP contribution in [0.2, 0.25) is 0 Å². The average Bonchev–Trinajstić information content (AvgIpc) is 2.76. The van der Waals surface area contributed by atoms with Gasteiger partial charge in [-0.3, -0.25) is 4.79 Å². The molecule has 5 nitrogen and oxygen atoms in total. The minimum atomic E-state index is -0.241. The number of hydrogen-bond donors (Lipinski definition) is 2. The highest BCUT2D eigenvalue weighted by Gasteiger charge is 2.34. The first-order valence-corrected chi connectivity index (χ1v) is 12.1. The van der Waals surface area contributed by atoms with Crippen molar-refractivity contribution in [3.8, 4) is 0 Å². The molecule has 0 aliphatic carbocycles. The number of amides is 1. The van der Waals surface area contributed by atoms with Crippen molar-refractivity contribution in [2.24, 2.45) is 11.7 Å². The van der Waals surface area contributed by atoms with E-state index in [0.29, 0.717) is 12.5 Å². The molecule has 30 heavy (non-hydrogen) atoms. The van der Waals surface area contributed by atoms with Gasteiger partial charge in [0.25, 0.3) is 0 Å². The molecule has 2 unspecified atom stereocenters. The Hall–Kier alpha value is -1.08. The normalized spacial score (nSPS) is 21.3. The van der Waals surface area contributed by atoms with E-state index in [1.54, 1.807) is 0 Å². The summed E-state index contributed by atoms with van der Waals surface area (Å²) in [4.78, 5) is 18.2. The van der Waals surface area contributed by atoms with Crippen molar-refractivity contribution in [3.63, 3.8) is 0 Å². The Morgan fingerprint density at radius 1 is 1.27 bits per heavy atom. The number of thiol groups is 1. The highest BCUT2D eigenvalue weighted by atomic mass is 32.1. The van der Waals surface area contributed by atoms with Crippen molar-refractivity contribution in [1.82, 2.24) is 9.80 Å². The Morgan fingerprint density at radius 3 is 2.60 bits per heavy atom. The van der Waals surface area contributed by atoms with E-state index < -0.39 is 0 Å². The molecule has 0 radical (unpaired) electrons. The zero-order valence-electron chi connectivity index (χ0n) is 18.6. The van der Waals surface area contributed by atoms with E-state index in [0.717, 1.165) is 65.0 Å². The molecule has 0 aromatic heterocycles. The lowest BCUT2D eigenvalue weighted by molar-refractivity contribution is -0.136. The Kier molecular flexibility index (Phi) is 9.05. The Morgan fingerprint density at radius 2 is 1.97 bits per heavy atom. The maximum atomic E-state index is 13.6. The molecule has 2 heterocycles. The number of nitrogens with zero attached hydrogens (tertiary/aromatic N) is 2. The van der Waals surface area contributed by atoms with Crippen molar-refractivity contribution < 1.29 is 9.53 Å². The van der Waals surface area contributed by atoms with Gasteiger partial charge in [0, 0.05) is 44.9 Å². The van der Waals surface area contributed by atoms with E-state index in [4.69, 9.17) is 23.1 Å². The summed E-state index contributed by atoms with van der Waals surface area (Å²) in [5.74, 6) is 0.501. The standard InChI is InChI=1S/C24H39N3O2S/c1-18-4-3-5-20(16-18)17-27(24(28)23(30)21-9-14-29-15-10-21)22-7-12-26(13-8-22)11-6-19(2)25/h3-5,16,19,21-23,30H,6-15,17,25H2,1-2H3. The van der Waals surface area contributed by atoms with Crippen LogP contribution in [-0.2, 0) is 16.1 Å². The first kappa shape index (κ1) is 23.6. The highest BCUT2D eigenvalue weighted by Crippen LogP contribution is 2.28. The number of rotatable bonds is 8. The van der Waals surface area contributed by atoms with Gasteiger partial charge in [-0.2, -0.15) is 12.6 Å². The molecule has 3 rings (SSSR count). The molecule has 1 aromatic rings. The van der Waals surface area contributed by atoms with Gasteiger partial charge in [0.15, 0.2) is 0 Å². The van der Waals surface area contributed by atoms with E-state index in [2.05, 4.69) is 47.9 Å². The van der Waals surface area contributed by atoms with Gasteiger partial charge in [-0.15, -0.1) is 0 Å². The Bertz CT molecular complexity index is 670. The molecule has 168 valence electrons. The highest BCUT2D eigenvalue weighted by molar-refractivity contribution is 7.81. The molecule has 1 amide bonds. The van der Waals surface area contributed by atoms with Crippen molar-refractivity contribution in [2.45, 2.75) is 69.8 Å². The predicted octanol–water partition coefficient (Wildman–Crippen LogP) is 3.25. The maximum Gasteiger partial charge on any atom is 0.236 e. The summed E-state index contributed by atoms with van der Waals surface area (Å²) in [5, 5.41) is -0.241. The van der Waals surface area contributed by atoms with Gasteiger partial charge < -0.3 is 20.3 Å². The summed E-state index contributed by atoms with van der Waals surface area (Å²) in [7, 11) is 0. The molecule has 2 saturated heterocycles. The predicted molar refractivity (Wildman–Crippen MR) is 126 cm³/mol. The van der Waals surface area contributed by atoms with Crippen LogP contribution in [-0.4, -0.2) is 65.9 Å². The fraction of sp³-hybridized carbons (Fsp3) is 0.708. The summed E-state index contributed by atoms with van der Waals surface area (Å²) < 4.78 is 5.49. The van der Waals surface area contributed by atoms with Crippen LogP contribution in [0.15, 0.2) is 24.3 Å². The quantitative estimate of drug-likeness (QED) is 0.618. The third-order valence-corrected chi connectivity index (χ3v) is 7.23. The average molecular weight is 434 g/mol. The number of nitrogens with two attached hydrogens (primary N) is 1. The van der Waals surface area contributed by atoms with Gasteiger partial charge in [-0.1, -0.05) is 29.8 Å². The van der Waals surface area contributed by atoms with Gasteiger partial charge >= 0.3 is 0 Å². The minimum Gasteiger partial charge on any atom is -0.381 e. The molecular formula is C24H39N3O2S. The van der Waals surface area contributed by atoms with Gasteiger partial charge in [-0.25, -0.2) is 0 Å². The van der Waals surface area contributed by atoms with Gasteiger partial charge in [-0.05, 0) is 64.0 Å². The van der Waals surface area contributed by atoms with E-state index >= 15 is 0 Å². The molecule has 2 aliphatic rings. The lowest BCUT2D eigenvalue weighted by Crippen LogP contribution is -2.50. The number of piperidine rings is 1. The summed E-state index contributed by atoms with van der Waals surface area (Å²) in [6, 6.07) is 9.04. The van der Waals surface area contributed by atoms with Crippen molar-refractivity contribution >= 4 is 18.5 Å². The van der Waals surface area contributed by atoms with Crippen LogP contribution in [0.1, 0.15) is 50.2 Å². The van der Waals surface area contributed by atoms with Crippen LogP contribution >= 0.6 is 12.6 Å². The Balaban J connectivity index is 1.68. The lowest BCUT2D eigenvalue weighted by Gasteiger charge is -2.41. The largest absolute Gasteiger partial charge is 0.381 e. The molecule has 2 atom stereocenters. The fourth-order valence-corrected chi connectivity index (χ4v) is 5.08. The molecule has 1 aromatic carbocycles. The molecular weight excluding hydrogens is 394 g/mol. The first-order chi connectivity index (χ1) is 14.4. The third kappa shape index (κ3) is 6.71. The van der Waals surface area contributed by atoms with E-state index in [9.17, 15) is 4.79 Å². The number of aryl methyl sites for hydroxylation is 1. The minimum absolute atomic E-state index is 0.195. The topological polar surface area (TPSA) is 58.8 Å². The second kappa shape index (κ2) is 11.5. The molecule has 0 saturated carbocycles. The van der Waals surface area contributed by atoms with E-state index in [1.165, 1.54) is 11.1 Å². The van der Waals surface area contributed by atoms with Crippen LogP contribution in [0.4, 0.5) is 0 Å². The van der Waals surface area contributed by atoms with Crippen LogP contribution in [0.25, 0.3) is 0 Å². The van der Waals surface area contributed by atoms with Crippen LogP contribution in [0.5, 0.6) is 0 Å². The Labute approximate surface area is 187 Å².